The number of fused-ring (bicyclic) bond motifs is 1. The third-order valence-electron chi connectivity index (χ3n) is 4.95. The van der Waals surface area contributed by atoms with E-state index >= 15 is 0 Å². The van der Waals surface area contributed by atoms with Crippen LogP contribution in [0.1, 0.15) is 22.8 Å². The van der Waals surface area contributed by atoms with Crippen molar-refractivity contribution in [3.8, 4) is 0 Å². The van der Waals surface area contributed by atoms with Gasteiger partial charge in [0.1, 0.15) is 5.56 Å². The van der Waals surface area contributed by atoms with Gasteiger partial charge in [-0.1, -0.05) is 17.7 Å². The van der Waals surface area contributed by atoms with Gasteiger partial charge < -0.3 is 10.1 Å². The molecule has 10 heteroatoms. The number of anilines is 2. The Morgan fingerprint density at radius 3 is 2.59 bits per heavy atom. The molecule has 0 aliphatic carbocycles. The molecule has 0 fully saturated rings. The van der Waals surface area contributed by atoms with Crippen LogP contribution in [0.5, 0.6) is 0 Å². The Balaban J connectivity index is 1.61. The zero-order chi connectivity index (χ0) is 24.1. The minimum absolute atomic E-state index is 0.107. The van der Waals surface area contributed by atoms with Crippen molar-refractivity contribution >= 4 is 49.9 Å². The lowest BCUT2D eigenvalue weighted by Gasteiger charge is -2.15. The van der Waals surface area contributed by atoms with E-state index in [1.807, 2.05) is 0 Å². The van der Waals surface area contributed by atoms with Crippen LogP contribution in [0.15, 0.2) is 78.1 Å². The quantitative estimate of drug-likeness (QED) is 0.341. The van der Waals surface area contributed by atoms with Crippen molar-refractivity contribution in [2.45, 2.75) is 18.4 Å². The van der Waals surface area contributed by atoms with E-state index < -0.39 is 16.0 Å². The Morgan fingerprint density at radius 2 is 1.88 bits per heavy atom. The standard InChI is InChI=1S/C24H21ClN4O4S/c1-2-33-24(30)21-15-27-22-10-5-17(25)12-20(22)23(21)29-18-6-8-19(9-7-18)34(31,32)28-14-16-4-3-11-26-13-16/h3-13,15,28H,2,14H2,1H3,(H,27,29). The van der Waals surface area contributed by atoms with Crippen LogP contribution in [-0.2, 0) is 21.3 Å². The van der Waals surface area contributed by atoms with E-state index in [0.717, 1.165) is 5.56 Å². The predicted molar refractivity (Wildman–Crippen MR) is 131 cm³/mol. The lowest BCUT2D eigenvalue weighted by Crippen LogP contribution is -2.23. The molecule has 0 unspecified atom stereocenters. The number of ether oxygens (including phenoxy) is 1. The fraction of sp³-hybridized carbons (Fsp3) is 0.125. The number of nitrogens with zero attached hydrogens (tertiary/aromatic N) is 2. The van der Waals surface area contributed by atoms with E-state index in [4.69, 9.17) is 16.3 Å². The number of benzene rings is 2. The van der Waals surface area contributed by atoms with Crippen molar-refractivity contribution in [1.29, 1.82) is 0 Å². The maximum absolute atomic E-state index is 12.7. The van der Waals surface area contributed by atoms with Gasteiger partial charge in [-0.25, -0.2) is 17.9 Å². The first kappa shape index (κ1) is 23.6. The molecule has 0 aliphatic rings. The maximum Gasteiger partial charge on any atom is 0.341 e. The van der Waals surface area contributed by atoms with Crippen LogP contribution in [0.3, 0.4) is 0 Å². The van der Waals surface area contributed by atoms with Crippen molar-refractivity contribution < 1.29 is 17.9 Å². The number of hydrogen-bond acceptors (Lipinski definition) is 7. The molecular formula is C24H21ClN4O4S. The average molecular weight is 497 g/mol. The molecule has 2 heterocycles. The number of carbonyl (C=O) groups is 1. The largest absolute Gasteiger partial charge is 0.462 e. The molecule has 8 nitrogen and oxygen atoms in total. The SMILES string of the molecule is CCOC(=O)c1cnc2ccc(Cl)cc2c1Nc1ccc(S(=O)(=O)NCc2cccnc2)cc1. The Morgan fingerprint density at radius 1 is 1.09 bits per heavy atom. The van der Waals surface area contributed by atoms with Gasteiger partial charge in [0.2, 0.25) is 10.0 Å². The van der Waals surface area contributed by atoms with E-state index in [-0.39, 0.29) is 23.6 Å². The third-order valence-corrected chi connectivity index (χ3v) is 6.60. The van der Waals surface area contributed by atoms with Crippen LogP contribution in [-0.4, -0.2) is 31.0 Å². The number of aromatic nitrogens is 2. The molecule has 0 radical (unpaired) electrons. The van der Waals surface area contributed by atoms with Crippen molar-refractivity contribution in [2.75, 3.05) is 11.9 Å². The Bertz CT molecular complexity index is 1430. The van der Waals surface area contributed by atoms with E-state index in [1.165, 1.54) is 18.3 Å². The Kier molecular flexibility index (Phi) is 7.06. The summed E-state index contributed by atoms with van der Waals surface area (Å²) in [4.78, 5) is 20.9. The summed E-state index contributed by atoms with van der Waals surface area (Å²) < 4.78 is 33.1. The van der Waals surface area contributed by atoms with Gasteiger partial charge in [0.05, 0.1) is 22.7 Å². The second-order valence-electron chi connectivity index (χ2n) is 7.26. The molecule has 0 bridgehead atoms. The van der Waals surface area contributed by atoms with Crippen molar-refractivity contribution in [1.82, 2.24) is 14.7 Å². The first-order valence-corrected chi connectivity index (χ1v) is 12.2. The molecule has 0 atom stereocenters. The Labute approximate surface area is 202 Å². The van der Waals surface area contributed by atoms with Gasteiger partial charge in [0.25, 0.3) is 0 Å². The highest BCUT2D eigenvalue weighted by Gasteiger charge is 2.18. The normalized spacial score (nSPS) is 11.4. The van der Waals surface area contributed by atoms with Crippen LogP contribution in [0.25, 0.3) is 10.9 Å². The van der Waals surface area contributed by atoms with Gasteiger partial charge in [-0.15, -0.1) is 0 Å². The fourth-order valence-corrected chi connectivity index (χ4v) is 4.48. The highest BCUT2D eigenvalue weighted by molar-refractivity contribution is 7.89. The summed E-state index contributed by atoms with van der Waals surface area (Å²) in [5.74, 6) is -0.529. The highest BCUT2D eigenvalue weighted by Crippen LogP contribution is 2.32. The lowest BCUT2D eigenvalue weighted by molar-refractivity contribution is 0.0527. The third kappa shape index (κ3) is 5.33. The lowest BCUT2D eigenvalue weighted by atomic mass is 10.1. The van der Waals surface area contributed by atoms with E-state index in [2.05, 4.69) is 20.0 Å². The van der Waals surface area contributed by atoms with Gasteiger partial charge in [-0.05, 0) is 61.0 Å². The molecule has 0 amide bonds. The van der Waals surface area contributed by atoms with Gasteiger partial charge >= 0.3 is 5.97 Å². The first-order valence-electron chi connectivity index (χ1n) is 10.4. The molecule has 2 N–H and O–H groups in total. The van der Waals surface area contributed by atoms with Gasteiger partial charge in [-0.3, -0.25) is 9.97 Å². The molecule has 0 saturated heterocycles. The zero-order valence-corrected chi connectivity index (χ0v) is 19.7. The molecule has 0 spiro atoms. The number of sulfonamides is 1. The second-order valence-corrected chi connectivity index (χ2v) is 9.47. The summed E-state index contributed by atoms with van der Waals surface area (Å²) in [6.07, 6.45) is 4.66. The second kappa shape index (κ2) is 10.2. The van der Waals surface area contributed by atoms with Crippen molar-refractivity contribution in [3.63, 3.8) is 0 Å². The topological polar surface area (TPSA) is 110 Å². The molecule has 2 aromatic heterocycles. The number of halogens is 1. The molecule has 174 valence electrons. The van der Waals surface area contributed by atoms with Gasteiger partial charge in [0, 0.05) is 41.2 Å². The predicted octanol–water partition coefficient (Wildman–Crippen LogP) is 4.68. The van der Waals surface area contributed by atoms with Crippen molar-refractivity contribution in [3.05, 3.63) is 89.3 Å². The molecule has 4 rings (SSSR count). The summed E-state index contributed by atoms with van der Waals surface area (Å²) in [5.41, 5.74) is 2.67. The number of carbonyl (C=O) groups excluding carboxylic acids is 1. The first-order chi connectivity index (χ1) is 16.4. The summed E-state index contributed by atoms with van der Waals surface area (Å²) >= 11 is 6.18. The number of esters is 1. The summed E-state index contributed by atoms with van der Waals surface area (Å²) in [6.45, 7) is 2.06. The molecule has 4 aromatic rings. The van der Waals surface area contributed by atoms with Crippen LogP contribution in [0, 0.1) is 0 Å². The molecule has 0 saturated carbocycles. The number of nitrogens with one attached hydrogen (secondary N) is 2. The van der Waals surface area contributed by atoms with Gasteiger partial charge in [-0.2, -0.15) is 0 Å². The van der Waals surface area contributed by atoms with Crippen LogP contribution in [0.4, 0.5) is 11.4 Å². The van der Waals surface area contributed by atoms with Crippen molar-refractivity contribution in [2.24, 2.45) is 0 Å². The molecular weight excluding hydrogens is 476 g/mol. The van der Waals surface area contributed by atoms with E-state index in [9.17, 15) is 13.2 Å². The van der Waals surface area contributed by atoms with Crippen LogP contribution < -0.4 is 10.0 Å². The van der Waals surface area contributed by atoms with E-state index in [1.54, 1.807) is 61.8 Å². The number of rotatable bonds is 8. The smallest absolute Gasteiger partial charge is 0.341 e. The average Bonchev–Trinajstić information content (AvgIpc) is 2.84. The maximum atomic E-state index is 12.7. The highest BCUT2D eigenvalue weighted by atomic mass is 35.5. The molecule has 0 aliphatic heterocycles. The monoisotopic (exact) mass is 496 g/mol. The Hall–Kier alpha value is -3.53. The molecule has 34 heavy (non-hydrogen) atoms. The van der Waals surface area contributed by atoms with Crippen LogP contribution >= 0.6 is 11.6 Å². The minimum Gasteiger partial charge on any atom is -0.462 e. The zero-order valence-electron chi connectivity index (χ0n) is 18.2. The number of hydrogen-bond donors (Lipinski definition) is 2. The van der Waals surface area contributed by atoms with E-state index in [0.29, 0.717) is 27.3 Å². The van der Waals surface area contributed by atoms with Gasteiger partial charge in [0.15, 0.2) is 0 Å². The molecule has 2 aromatic carbocycles. The summed E-state index contributed by atoms with van der Waals surface area (Å²) in [6, 6.07) is 14.9. The fourth-order valence-electron chi connectivity index (χ4n) is 3.29. The number of pyridine rings is 2. The summed E-state index contributed by atoms with van der Waals surface area (Å²) in [5, 5.41) is 4.31. The minimum atomic E-state index is -3.72. The van der Waals surface area contributed by atoms with Crippen LogP contribution in [0.2, 0.25) is 5.02 Å². The summed E-state index contributed by atoms with van der Waals surface area (Å²) in [7, 11) is -3.72.